The predicted octanol–water partition coefficient (Wildman–Crippen LogP) is 2.24. The Hall–Kier alpha value is -3.07. The van der Waals surface area contributed by atoms with Crippen molar-refractivity contribution in [1.82, 2.24) is 25.1 Å². The normalized spacial score (nSPS) is 16.4. The minimum Gasteiger partial charge on any atom is -0.452 e. The quantitative estimate of drug-likeness (QED) is 0.628. The molecule has 1 aliphatic heterocycles. The standard InChI is InChI=1S/C18H17N5O3S/c24-17(22-9-1-3-15(22)16-4-2-10-27-16)11-26-18(25)13-5-7-14(8-6-13)23-12-19-20-21-23/h2,4-8,10,12,15H,1,3,9,11H2/t15-/m0/s1. The molecule has 1 amide bonds. The molecule has 4 rings (SSSR count). The molecule has 1 aromatic carbocycles. The number of thiophene rings is 1. The van der Waals surface area contributed by atoms with E-state index in [0.717, 1.165) is 18.5 Å². The predicted molar refractivity (Wildman–Crippen MR) is 97.4 cm³/mol. The molecule has 8 nitrogen and oxygen atoms in total. The Balaban J connectivity index is 1.35. The third-order valence-corrected chi connectivity index (χ3v) is 5.46. The smallest absolute Gasteiger partial charge is 0.338 e. The summed E-state index contributed by atoms with van der Waals surface area (Å²) in [6, 6.07) is 10.8. The van der Waals surface area contributed by atoms with E-state index >= 15 is 0 Å². The number of carbonyl (C=O) groups is 2. The molecule has 9 heteroatoms. The number of hydrogen-bond acceptors (Lipinski definition) is 7. The molecular formula is C18H17N5O3S. The molecule has 1 fully saturated rings. The maximum Gasteiger partial charge on any atom is 0.338 e. The highest BCUT2D eigenvalue weighted by molar-refractivity contribution is 7.10. The number of carbonyl (C=O) groups excluding carboxylic acids is 2. The summed E-state index contributed by atoms with van der Waals surface area (Å²) in [5, 5.41) is 12.9. The van der Waals surface area contributed by atoms with Crippen LogP contribution in [-0.4, -0.2) is 50.1 Å². The molecule has 1 atom stereocenters. The fraction of sp³-hybridized carbons (Fsp3) is 0.278. The summed E-state index contributed by atoms with van der Waals surface area (Å²) in [6.45, 7) is 0.440. The molecule has 0 aliphatic carbocycles. The van der Waals surface area contributed by atoms with Gasteiger partial charge < -0.3 is 9.64 Å². The van der Waals surface area contributed by atoms with Crippen molar-refractivity contribution < 1.29 is 14.3 Å². The van der Waals surface area contributed by atoms with Gasteiger partial charge in [-0.15, -0.1) is 16.4 Å². The maximum atomic E-state index is 12.5. The number of esters is 1. The van der Waals surface area contributed by atoms with Crippen LogP contribution in [0.25, 0.3) is 5.69 Å². The summed E-state index contributed by atoms with van der Waals surface area (Å²) in [6.07, 6.45) is 3.37. The molecule has 1 aliphatic rings. The molecule has 3 aromatic rings. The van der Waals surface area contributed by atoms with Crippen molar-refractivity contribution in [2.45, 2.75) is 18.9 Å². The number of likely N-dealkylation sites (tertiary alicyclic amines) is 1. The van der Waals surface area contributed by atoms with Crippen LogP contribution in [0, 0.1) is 0 Å². The van der Waals surface area contributed by atoms with Gasteiger partial charge in [-0.2, -0.15) is 0 Å². The van der Waals surface area contributed by atoms with Crippen molar-refractivity contribution in [3.63, 3.8) is 0 Å². The van der Waals surface area contributed by atoms with Crippen LogP contribution in [0.3, 0.4) is 0 Å². The van der Waals surface area contributed by atoms with Gasteiger partial charge in [-0.05, 0) is 59.0 Å². The summed E-state index contributed by atoms with van der Waals surface area (Å²) in [5.41, 5.74) is 1.10. The fourth-order valence-corrected chi connectivity index (χ4v) is 4.04. The van der Waals surface area contributed by atoms with E-state index in [9.17, 15) is 9.59 Å². The Kier molecular flexibility index (Phi) is 4.93. The van der Waals surface area contributed by atoms with E-state index in [1.165, 1.54) is 15.9 Å². The number of amides is 1. The first-order valence-corrected chi connectivity index (χ1v) is 9.44. The molecule has 0 unspecified atom stereocenters. The monoisotopic (exact) mass is 383 g/mol. The van der Waals surface area contributed by atoms with Crippen LogP contribution < -0.4 is 0 Å². The van der Waals surface area contributed by atoms with E-state index in [4.69, 9.17) is 4.74 Å². The topological polar surface area (TPSA) is 90.2 Å². The van der Waals surface area contributed by atoms with Gasteiger partial charge in [0, 0.05) is 11.4 Å². The van der Waals surface area contributed by atoms with Crippen molar-refractivity contribution >= 4 is 23.2 Å². The molecule has 138 valence electrons. The van der Waals surface area contributed by atoms with Gasteiger partial charge in [0.2, 0.25) is 0 Å². The van der Waals surface area contributed by atoms with Gasteiger partial charge in [0.15, 0.2) is 6.61 Å². The number of aromatic nitrogens is 4. The van der Waals surface area contributed by atoms with Gasteiger partial charge in [0.25, 0.3) is 5.91 Å². The van der Waals surface area contributed by atoms with Gasteiger partial charge >= 0.3 is 5.97 Å². The summed E-state index contributed by atoms with van der Waals surface area (Å²) < 4.78 is 6.71. The lowest BCUT2D eigenvalue weighted by atomic mass is 10.2. The Morgan fingerprint density at radius 3 is 2.78 bits per heavy atom. The number of benzene rings is 1. The highest BCUT2D eigenvalue weighted by atomic mass is 32.1. The Morgan fingerprint density at radius 2 is 2.07 bits per heavy atom. The van der Waals surface area contributed by atoms with E-state index in [1.54, 1.807) is 40.5 Å². The molecule has 0 radical (unpaired) electrons. The Labute approximate surface area is 159 Å². The number of nitrogens with zero attached hydrogens (tertiary/aromatic N) is 5. The Bertz CT molecular complexity index is 909. The summed E-state index contributed by atoms with van der Waals surface area (Å²) in [7, 11) is 0. The van der Waals surface area contributed by atoms with Crippen LogP contribution in [0.5, 0.6) is 0 Å². The lowest BCUT2D eigenvalue weighted by Crippen LogP contribution is -2.34. The molecule has 27 heavy (non-hydrogen) atoms. The summed E-state index contributed by atoms with van der Waals surface area (Å²) >= 11 is 1.65. The van der Waals surface area contributed by atoms with Gasteiger partial charge in [-0.3, -0.25) is 4.79 Å². The van der Waals surface area contributed by atoms with Crippen LogP contribution >= 0.6 is 11.3 Å². The van der Waals surface area contributed by atoms with E-state index in [-0.39, 0.29) is 18.6 Å². The number of hydrogen-bond donors (Lipinski definition) is 0. The molecule has 0 bridgehead atoms. The van der Waals surface area contributed by atoms with Gasteiger partial charge in [0.1, 0.15) is 6.33 Å². The zero-order valence-electron chi connectivity index (χ0n) is 14.4. The zero-order chi connectivity index (χ0) is 18.6. The second-order valence-electron chi connectivity index (χ2n) is 6.14. The first kappa shape index (κ1) is 17.3. The third-order valence-electron chi connectivity index (χ3n) is 4.49. The minimum atomic E-state index is -0.529. The molecule has 0 spiro atoms. The maximum absolute atomic E-state index is 12.5. The average Bonchev–Trinajstić information content (AvgIpc) is 3.47. The molecule has 0 N–H and O–H groups in total. The van der Waals surface area contributed by atoms with Crippen LogP contribution in [0.15, 0.2) is 48.1 Å². The van der Waals surface area contributed by atoms with Crippen LogP contribution in [0.2, 0.25) is 0 Å². The second-order valence-corrected chi connectivity index (χ2v) is 7.12. The minimum absolute atomic E-state index is 0.0896. The van der Waals surface area contributed by atoms with E-state index in [1.807, 2.05) is 17.5 Å². The van der Waals surface area contributed by atoms with Gasteiger partial charge in [-0.1, -0.05) is 6.07 Å². The fourth-order valence-electron chi connectivity index (χ4n) is 3.17. The van der Waals surface area contributed by atoms with E-state index in [0.29, 0.717) is 12.1 Å². The SMILES string of the molecule is O=C(OCC(=O)N1CCC[C@H]1c1cccs1)c1ccc(-n2cnnn2)cc1. The van der Waals surface area contributed by atoms with E-state index < -0.39 is 5.97 Å². The number of tetrazole rings is 1. The highest BCUT2D eigenvalue weighted by Gasteiger charge is 2.31. The molecular weight excluding hydrogens is 366 g/mol. The number of rotatable bonds is 5. The molecule has 3 heterocycles. The van der Waals surface area contributed by atoms with E-state index in [2.05, 4.69) is 15.5 Å². The molecule has 0 saturated carbocycles. The van der Waals surface area contributed by atoms with Crippen molar-refractivity contribution in [3.05, 3.63) is 58.5 Å². The van der Waals surface area contributed by atoms with Crippen LogP contribution in [0.1, 0.15) is 34.1 Å². The molecule has 2 aromatic heterocycles. The highest BCUT2D eigenvalue weighted by Crippen LogP contribution is 2.34. The van der Waals surface area contributed by atoms with Crippen molar-refractivity contribution in [2.24, 2.45) is 0 Å². The lowest BCUT2D eigenvalue weighted by Gasteiger charge is -2.23. The van der Waals surface area contributed by atoms with Crippen LogP contribution in [-0.2, 0) is 9.53 Å². The van der Waals surface area contributed by atoms with Crippen LogP contribution in [0.4, 0.5) is 0 Å². The van der Waals surface area contributed by atoms with Gasteiger partial charge in [0.05, 0.1) is 17.3 Å². The third kappa shape index (κ3) is 3.72. The zero-order valence-corrected chi connectivity index (χ0v) is 15.2. The number of ether oxygens (including phenoxy) is 1. The first-order valence-electron chi connectivity index (χ1n) is 8.56. The van der Waals surface area contributed by atoms with Gasteiger partial charge in [-0.25, -0.2) is 9.48 Å². The van der Waals surface area contributed by atoms with Crippen molar-refractivity contribution in [1.29, 1.82) is 0 Å². The summed E-state index contributed by atoms with van der Waals surface area (Å²) in [5.74, 6) is -0.692. The first-order chi connectivity index (χ1) is 13.2. The molecule has 1 saturated heterocycles. The van der Waals surface area contributed by atoms with Crippen molar-refractivity contribution in [2.75, 3.05) is 13.2 Å². The summed E-state index contributed by atoms with van der Waals surface area (Å²) in [4.78, 5) is 27.7. The second kappa shape index (κ2) is 7.67. The van der Waals surface area contributed by atoms with Crippen molar-refractivity contribution in [3.8, 4) is 5.69 Å². The average molecular weight is 383 g/mol. The largest absolute Gasteiger partial charge is 0.452 e. The lowest BCUT2D eigenvalue weighted by molar-refractivity contribution is -0.135. The Morgan fingerprint density at radius 1 is 1.22 bits per heavy atom.